The lowest BCUT2D eigenvalue weighted by Gasteiger charge is -2.24. The van der Waals surface area contributed by atoms with Gasteiger partial charge in [-0.3, -0.25) is 4.79 Å². The smallest absolute Gasteiger partial charge is 0.251 e. The summed E-state index contributed by atoms with van der Waals surface area (Å²) in [7, 11) is 4.03. The Bertz CT molecular complexity index is 1150. The third-order valence-electron chi connectivity index (χ3n) is 5.09. The zero-order valence-corrected chi connectivity index (χ0v) is 18.5. The molecule has 0 aliphatic rings. The predicted molar refractivity (Wildman–Crippen MR) is 123 cm³/mol. The maximum atomic E-state index is 12.6. The zero-order chi connectivity index (χ0) is 21.8. The van der Waals surface area contributed by atoms with Gasteiger partial charge < -0.3 is 14.6 Å². The zero-order valence-electron chi connectivity index (χ0n) is 17.7. The Morgan fingerprint density at radius 3 is 2.45 bits per heavy atom. The first-order valence-corrected chi connectivity index (χ1v) is 10.9. The van der Waals surface area contributed by atoms with Crippen LogP contribution < -0.4 is 5.32 Å². The van der Waals surface area contributed by atoms with Crippen LogP contribution in [-0.2, 0) is 0 Å². The van der Waals surface area contributed by atoms with Crippen molar-refractivity contribution in [1.29, 1.82) is 0 Å². The van der Waals surface area contributed by atoms with Crippen LogP contribution in [0.3, 0.4) is 0 Å². The van der Waals surface area contributed by atoms with Gasteiger partial charge in [-0.15, -0.1) is 10.2 Å². The molecule has 0 aliphatic carbocycles. The van der Waals surface area contributed by atoms with Gasteiger partial charge in [-0.1, -0.05) is 17.7 Å². The number of likely N-dealkylation sites (N-methyl/N-ethyl adjacent to an activating group) is 1. The summed E-state index contributed by atoms with van der Waals surface area (Å²) in [6.07, 6.45) is 0. The largest absolute Gasteiger partial charge is 0.416 e. The lowest BCUT2D eigenvalue weighted by Crippen LogP contribution is -2.34. The minimum Gasteiger partial charge on any atom is -0.416 e. The molecule has 1 atom stereocenters. The van der Waals surface area contributed by atoms with Crippen molar-refractivity contribution in [2.24, 2.45) is 0 Å². The van der Waals surface area contributed by atoms with Crippen LogP contribution >= 0.6 is 11.3 Å². The van der Waals surface area contributed by atoms with Crippen molar-refractivity contribution in [3.05, 3.63) is 82.0 Å². The quantitative estimate of drug-likeness (QED) is 0.454. The van der Waals surface area contributed by atoms with E-state index in [2.05, 4.69) is 31.9 Å². The number of amides is 1. The molecule has 2 heterocycles. The van der Waals surface area contributed by atoms with Gasteiger partial charge in [-0.05, 0) is 79.8 Å². The van der Waals surface area contributed by atoms with Crippen molar-refractivity contribution in [2.75, 3.05) is 20.6 Å². The van der Waals surface area contributed by atoms with Crippen LogP contribution in [0.25, 0.3) is 22.9 Å². The van der Waals surface area contributed by atoms with Gasteiger partial charge in [0.1, 0.15) is 0 Å². The lowest BCUT2D eigenvalue weighted by molar-refractivity contribution is 0.0942. The lowest BCUT2D eigenvalue weighted by atomic mass is 10.1. The third-order valence-corrected chi connectivity index (χ3v) is 5.79. The first kappa shape index (κ1) is 21.0. The van der Waals surface area contributed by atoms with E-state index in [1.165, 1.54) is 5.56 Å². The van der Waals surface area contributed by atoms with Crippen molar-refractivity contribution in [3.63, 3.8) is 0 Å². The Labute approximate surface area is 185 Å². The van der Waals surface area contributed by atoms with E-state index in [-0.39, 0.29) is 11.9 Å². The minimum atomic E-state index is -0.111. The molecule has 1 N–H and O–H groups in total. The summed E-state index contributed by atoms with van der Waals surface area (Å²) in [5.74, 6) is 0.789. The molecule has 158 valence electrons. The predicted octanol–water partition coefficient (Wildman–Crippen LogP) is 4.81. The number of aromatic nitrogens is 2. The summed E-state index contributed by atoms with van der Waals surface area (Å²) in [6.45, 7) is 2.56. The Morgan fingerprint density at radius 2 is 1.81 bits per heavy atom. The highest BCUT2D eigenvalue weighted by atomic mass is 32.1. The number of hydrogen-bond acceptors (Lipinski definition) is 6. The summed E-state index contributed by atoms with van der Waals surface area (Å²) in [6, 6.07) is 17.3. The highest BCUT2D eigenvalue weighted by Gasteiger charge is 2.17. The normalized spacial score (nSPS) is 12.1. The molecule has 0 spiro atoms. The van der Waals surface area contributed by atoms with E-state index < -0.39 is 0 Å². The minimum absolute atomic E-state index is 0.111. The van der Waals surface area contributed by atoms with Crippen LogP contribution in [0.2, 0.25) is 0 Å². The third kappa shape index (κ3) is 4.90. The molecule has 6 nitrogen and oxygen atoms in total. The van der Waals surface area contributed by atoms with Gasteiger partial charge in [0.25, 0.3) is 5.91 Å². The molecule has 7 heteroatoms. The molecular weight excluding hydrogens is 408 g/mol. The molecule has 1 unspecified atom stereocenters. The van der Waals surface area contributed by atoms with Gasteiger partial charge in [-0.25, -0.2) is 0 Å². The molecule has 2 aromatic carbocycles. The molecule has 0 saturated heterocycles. The number of hydrogen-bond donors (Lipinski definition) is 1. The van der Waals surface area contributed by atoms with Gasteiger partial charge in [-0.2, -0.15) is 11.3 Å². The van der Waals surface area contributed by atoms with Crippen molar-refractivity contribution < 1.29 is 9.21 Å². The molecule has 2 aromatic heterocycles. The van der Waals surface area contributed by atoms with Crippen LogP contribution in [0, 0.1) is 6.92 Å². The number of aryl methyl sites for hydroxylation is 1. The standard InChI is InChI=1S/C24H24N4O2S/c1-16-5-4-6-19(13-16)24-27-26-23(30-24)18-9-7-17(8-10-18)22(29)25-14-21(28(2)3)20-11-12-31-15-20/h4-13,15,21H,14H2,1-3H3,(H,25,29). The maximum Gasteiger partial charge on any atom is 0.251 e. The molecular formula is C24H24N4O2S. The summed E-state index contributed by atoms with van der Waals surface area (Å²) >= 11 is 1.66. The van der Waals surface area contributed by atoms with Crippen LogP contribution in [-0.4, -0.2) is 41.6 Å². The average Bonchev–Trinajstić information content (AvgIpc) is 3.46. The molecule has 0 aliphatic heterocycles. The summed E-state index contributed by atoms with van der Waals surface area (Å²) in [4.78, 5) is 14.7. The first-order chi connectivity index (χ1) is 15.0. The number of thiophene rings is 1. The van der Waals surface area contributed by atoms with Crippen molar-refractivity contribution in [3.8, 4) is 22.9 Å². The van der Waals surface area contributed by atoms with Gasteiger partial charge >= 0.3 is 0 Å². The fourth-order valence-corrected chi connectivity index (χ4v) is 4.06. The van der Waals surface area contributed by atoms with E-state index in [0.29, 0.717) is 23.9 Å². The highest BCUT2D eigenvalue weighted by Crippen LogP contribution is 2.25. The van der Waals surface area contributed by atoms with E-state index in [4.69, 9.17) is 4.42 Å². The van der Waals surface area contributed by atoms with Gasteiger partial charge in [0, 0.05) is 23.2 Å². The molecule has 31 heavy (non-hydrogen) atoms. The Balaban J connectivity index is 1.43. The average molecular weight is 433 g/mol. The molecule has 1 amide bonds. The number of rotatable bonds is 7. The molecule has 4 rings (SSSR count). The van der Waals surface area contributed by atoms with Crippen LogP contribution in [0.4, 0.5) is 0 Å². The van der Waals surface area contributed by atoms with Crippen LogP contribution in [0.5, 0.6) is 0 Å². The summed E-state index contributed by atoms with van der Waals surface area (Å²) in [5.41, 5.74) is 4.57. The summed E-state index contributed by atoms with van der Waals surface area (Å²) in [5, 5.41) is 15.5. The molecule has 0 radical (unpaired) electrons. The van der Waals surface area contributed by atoms with E-state index in [1.807, 2.05) is 62.8 Å². The number of nitrogens with one attached hydrogen (secondary N) is 1. The molecule has 0 fully saturated rings. The maximum absolute atomic E-state index is 12.6. The van der Waals surface area contributed by atoms with Gasteiger partial charge in [0.2, 0.25) is 11.8 Å². The Hall–Kier alpha value is -3.29. The second-order valence-electron chi connectivity index (χ2n) is 7.61. The van der Waals surface area contributed by atoms with Crippen molar-refractivity contribution in [1.82, 2.24) is 20.4 Å². The van der Waals surface area contributed by atoms with Crippen LogP contribution in [0.15, 0.2) is 69.8 Å². The number of nitrogens with zero attached hydrogens (tertiary/aromatic N) is 3. The fraction of sp³-hybridized carbons (Fsp3) is 0.208. The topological polar surface area (TPSA) is 71.3 Å². The number of carbonyl (C=O) groups is 1. The highest BCUT2D eigenvalue weighted by molar-refractivity contribution is 7.08. The van der Waals surface area contributed by atoms with E-state index in [9.17, 15) is 4.79 Å². The monoisotopic (exact) mass is 432 g/mol. The summed E-state index contributed by atoms with van der Waals surface area (Å²) < 4.78 is 5.83. The Morgan fingerprint density at radius 1 is 1.06 bits per heavy atom. The van der Waals surface area contributed by atoms with Crippen molar-refractivity contribution in [2.45, 2.75) is 13.0 Å². The fourth-order valence-electron chi connectivity index (χ4n) is 3.35. The first-order valence-electron chi connectivity index (χ1n) is 9.99. The Kier molecular flexibility index (Phi) is 6.25. The molecule has 4 aromatic rings. The SMILES string of the molecule is Cc1cccc(-c2nnc(-c3ccc(C(=O)NCC(c4ccsc4)N(C)C)cc3)o2)c1. The van der Waals surface area contributed by atoms with Gasteiger partial charge in [0.15, 0.2) is 0 Å². The van der Waals surface area contributed by atoms with Crippen LogP contribution in [0.1, 0.15) is 27.5 Å². The van der Waals surface area contributed by atoms with E-state index in [0.717, 1.165) is 16.7 Å². The molecule has 0 saturated carbocycles. The number of benzene rings is 2. The van der Waals surface area contributed by atoms with E-state index >= 15 is 0 Å². The second-order valence-corrected chi connectivity index (χ2v) is 8.39. The van der Waals surface area contributed by atoms with Crippen molar-refractivity contribution >= 4 is 17.2 Å². The van der Waals surface area contributed by atoms with E-state index in [1.54, 1.807) is 23.5 Å². The molecule has 0 bridgehead atoms. The van der Waals surface area contributed by atoms with Gasteiger partial charge in [0.05, 0.1) is 6.04 Å². The number of carbonyl (C=O) groups excluding carboxylic acids is 1. The second kappa shape index (κ2) is 9.24.